The number of ether oxygens (including phenoxy) is 1. The molecule has 1 aromatic rings. The van der Waals surface area contributed by atoms with Crippen molar-refractivity contribution in [3.05, 3.63) is 23.8 Å². The van der Waals surface area contributed by atoms with E-state index in [0.717, 1.165) is 17.7 Å². The SMILES string of the molecule is CCNC(=O)N1CCN(S(=O)(=O)c2ccc3c(c2)CCO3)CC1. The molecule has 7 nitrogen and oxygen atoms in total. The zero-order valence-corrected chi connectivity index (χ0v) is 13.9. The number of nitrogens with zero attached hydrogens (tertiary/aromatic N) is 2. The highest BCUT2D eigenvalue weighted by atomic mass is 32.2. The van der Waals surface area contributed by atoms with Gasteiger partial charge < -0.3 is 15.0 Å². The smallest absolute Gasteiger partial charge is 0.317 e. The first-order chi connectivity index (χ1) is 11.0. The fourth-order valence-corrected chi connectivity index (χ4v) is 4.34. The minimum absolute atomic E-state index is 0.140. The molecular formula is C15H21N3O4S. The van der Waals surface area contributed by atoms with Crippen LogP contribution in [0.15, 0.2) is 23.1 Å². The Morgan fingerprint density at radius 3 is 2.70 bits per heavy atom. The molecule has 126 valence electrons. The fraction of sp³-hybridized carbons (Fsp3) is 0.533. The lowest BCUT2D eigenvalue weighted by Gasteiger charge is -2.33. The lowest BCUT2D eigenvalue weighted by molar-refractivity contribution is 0.173. The summed E-state index contributed by atoms with van der Waals surface area (Å²) in [7, 11) is -3.53. The Morgan fingerprint density at radius 2 is 2.00 bits per heavy atom. The molecule has 2 aliphatic heterocycles. The predicted octanol–water partition coefficient (Wildman–Crippen LogP) is 0.657. The van der Waals surface area contributed by atoms with Crippen LogP contribution in [-0.2, 0) is 16.4 Å². The summed E-state index contributed by atoms with van der Waals surface area (Å²) in [6.45, 7) is 4.45. The lowest BCUT2D eigenvalue weighted by atomic mass is 10.2. The molecule has 1 N–H and O–H groups in total. The van der Waals surface area contributed by atoms with Crippen LogP contribution in [0.25, 0.3) is 0 Å². The molecule has 2 amide bonds. The zero-order chi connectivity index (χ0) is 16.4. The fourth-order valence-electron chi connectivity index (χ4n) is 2.87. The van der Waals surface area contributed by atoms with E-state index in [0.29, 0.717) is 44.2 Å². The Bertz CT molecular complexity index is 697. The summed E-state index contributed by atoms with van der Waals surface area (Å²) >= 11 is 0. The predicted molar refractivity (Wildman–Crippen MR) is 85.0 cm³/mol. The molecule has 1 fully saturated rings. The molecule has 3 rings (SSSR count). The zero-order valence-electron chi connectivity index (χ0n) is 13.1. The Hall–Kier alpha value is -1.80. The highest BCUT2D eigenvalue weighted by Gasteiger charge is 2.30. The largest absolute Gasteiger partial charge is 0.493 e. The van der Waals surface area contributed by atoms with Crippen LogP contribution in [0.5, 0.6) is 5.75 Å². The standard InChI is InChI=1S/C15H21N3O4S/c1-2-16-15(19)17-6-8-18(9-7-17)23(20,21)13-3-4-14-12(11-13)5-10-22-14/h3-4,11H,2,5-10H2,1H3,(H,16,19). The van der Waals surface area contributed by atoms with E-state index in [9.17, 15) is 13.2 Å². The second-order valence-corrected chi connectivity index (χ2v) is 7.53. The Labute approximate surface area is 136 Å². The third-order valence-corrected chi connectivity index (χ3v) is 6.05. The van der Waals surface area contributed by atoms with E-state index in [2.05, 4.69) is 5.32 Å². The van der Waals surface area contributed by atoms with Gasteiger partial charge in [-0.3, -0.25) is 0 Å². The van der Waals surface area contributed by atoms with Gasteiger partial charge in [-0.15, -0.1) is 0 Å². The van der Waals surface area contributed by atoms with E-state index in [4.69, 9.17) is 4.74 Å². The van der Waals surface area contributed by atoms with Crippen LogP contribution < -0.4 is 10.1 Å². The number of carbonyl (C=O) groups is 1. The summed E-state index contributed by atoms with van der Waals surface area (Å²) in [5.74, 6) is 0.769. The van der Waals surface area contributed by atoms with Crippen LogP contribution in [-0.4, -0.2) is 63.0 Å². The van der Waals surface area contributed by atoms with Gasteiger partial charge in [-0.1, -0.05) is 0 Å². The summed E-state index contributed by atoms with van der Waals surface area (Å²) < 4.78 is 32.4. The van der Waals surface area contributed by atoms with E-state index in [1.165, 1.54) is 4.31 Å². The molecule has 0 aromatic heterocycles. The third-order valence-electron chi connectivity index (χ3n) is 4.15. The number of fused-ring (bicyclic) bond motifs is 1. The number of nitrogens with one attached hydrogen (secondary N) is 1. The average Bonchev–Trinajstić information content (AvgIpc) is 3.03. The van der Waals surface area contributed by atoms with Crippen molar-refractivity contribution in [2.75, 3.05) is 39.3 Å². The number of hydrogen-bond acceptors (Lipinski definition) is 4. The number of urea groups is 1. The third kappa shape index (κ3) is 3.13. The van der Waals surface area contributed by atoms with Gasteiger partial charge in [-0.2, -0.15) is 4.31 Å². The summed E-state index contributed by atoms with van der Waals surface area (Å²) in [5, 5.41) is 2.73. The van der Waals surface area contributed by atoms with Gasteiger partial charge in [0, 0.05) is 39.1 Å². The van der Waals surface area contributed by atoms with Gasteiger partial charge >= 0.3 is 6.03 Å². The van der Waals surface area contributed by atoms with Gasteiger partial charge in [0.25, 0.3) is 0 Å². The normalized spacial score (nSPS) is 18.4. The quantitative estimate of drug-likeness (QED) is 0.877. The van der Waals surface area contributed by atoms with Crippen molar-refractivity contribution in [3.8, 4) is 5.75 Å². The number of carbonyl (C=O) groups excluding carboxylic acids is 1. The topological polar surface area (TPSA) is 79.0 Å². The van der Waals surface area contributed by atoms with Gasteiger partial charge in [0.1, 0.15) is 5.75 Å². The molecule has 0 saturated carbocycles. The van der Waals surface area contributed by atoms with Gasteiger partial charge in [-0.05, 0) is 30.7 Å². The second-order valence-electron chi connectivity index (χ2n) is 5.59. The highest BCUT2D eigenvalue weighted by molar-refractivity contribution is 7.89. The number of benzene rings is 1. The lowest BCUT2D eigenvalue weighted by Crippen LogP contribution is -2.53. The Kier molecular flexibility index (Phi) is 4.45. The molecule has 23 heavy (non-hydrogen) atoms. The van der Waals surface area contributed by atoms with Crippen LogP contribution in [0.3, 0.4) is 0 Å². The first kappa shape index (κ1) is 16.1. The van der Waals surface area contributed by atoms with E-state index in [1.54, 1.807) is 23.1 Å². The Morgan fingerprint density at radius 1 is 1.26 bits per heavy atom. The van der Waals surface area contributed by atoms with Gasteiger partial charge in [-0.25, -0.2) is 13.2 Å². The van der Waals surface area contributed by atoms with Crippen molar-refractivity contribution in [1.82, 2.24) is 14.5 Å². The summed E-state index contributed by atoms with van der Waals surface area (Å²) in [4.78, 5) is 13.7. The minimum atomic E-state index is -3.53. The molecule has 1 saturated heterocycles. The summed E-state index contributed by atoms with van der Waals surface area (Å²) in [6.07, 6.45) is 0.740. The van der Waals surface area contributed by atoms with E-state index in [1.807, 2.05) is 6.92 Å². The molecule has 8 heteroatoms. The van der Waals surface area contributed by atoms with Crippen molar-refractivity contribution >= 4 is 16.1 Å². The number of sulfonamides is 1. The molecular weight excluding hydrogens is 318 g/mol. The van der Waals surface area contributed by atoms with Crippen molar-refractivity contribution in [3.63, 3.8) is 0 Å². The number of piperazine rings is 1. The van der Waals surface area contributed by atoms with Crippen LogP contribution in [0.4, 0.5) is 4.79 Å². The van der Waals surface area contributed by atoms with Crippen molar-refractivity contribution in [1.29, 1.82) is 0 Å². The maximum atomic E-state index is 12.8. The number of amides is 2. The van der Waals surface area contributed by atoms with Crippen LogP contribution in [0.2, 0.25) is 0 Å². The van der Waals surface area contributed by atoms with E-state index >= 15 is 0 Å². The van der Waals surface area contributed by atoms with Gasteiger partial charge in [0.05, 0.1) is 11.5 Å². The number of hydrogen-bond donors (Lipinski definition) is 1. The summed E-state index contributed by atoms with van der Waals surface area (Å²) in [6, 6.07) is 4.88. The van der Waals surface area contributed by atoms with Crippen molar-refractivity contribution in [2.24, 2.45) is 0 Å². The van der Waals surface area contributed by atoms with Crippen LogP contribution in [0, 0.1) is 0 Å². The maximum absolute atomic E-state index is 12.8. The monoisotopic (exact) mass is 339 g/mol. The van der Waals surface area contributed by atoms with Crippen molar-refractivity contribution < 1.29 is 17.9 Å². The van der Waals surface area contributed by atoms with Crippen LogP contribution in [0.1, 0.15) is 12.5 Å². The minimum Gasteiger partial charge on any atom is -0.493 e. The highest BCUT2D eigenvalue weighted by Crippen LogP contribution is 2.29. The summed E-state index contributed by atoms with van der Waals surface area (Å²) in [5.41, 5.74) is 0.937. The second kappa shape index (κ2) is 6.37. The molecule has 1 aromatic carbocycles. The molecule has 2 aliphatic rings. The molecule has 0 radical (unpaired) electrons. The molecule has 0 bridgehead atoms. The van der Waals surface area contributed by atoms with Crippen molar-refractivity contribution in [2.45, 2.75) is 18.2 Å². The maximum Gasteiger partial charge on any atom is 0.317 e. The first-order valence-electron chi connectivity index (χ1n) is 7.81. The van der Waals surface area contributed by atoms with Crippen LogP contribution >= 0.6 is 0 Å². The van der Waals surface area contributed by atoms with E-state index in [-0.39, 0.29) is 6.03 Å². The average molecular weight is 339 g/mol. The molecule has 2 heterocycles. The van der Waals surface area contributed by atoms with Gasteiger partial charge in [0.2, 0.25) is 10.0 Å². The Balaban J connectivity index is 1.71. The molecule has 0 aliphatic carbocycles. The molecule has 0 spiro atoms. The van der Waals surface area contributed by atoms with E-state index < -0.39 is 10.0 Å². The first-order valence-corrected chi connectivity index (χ1v) is 9.25. The number of rotatable bonds is 3. The van der Waals surface area contributed by atoms with Gasteiger partial charge in [0.15, 0.2) is 0 Å². The molecule has 0 unspecified atom stereocenters. The molecule has 0 atom stereocenters.